The zero-order valence-electron chi connectivity index (χ0n) is 10.4. The number of rotatable bonds is 5. The fourth-order valence-corrected chi connectivity index (χ4v) is 3.20. The molecule has 3 nitrogen and oxygen atoms in total. The molecule has 0 aliphatic heterocycles. The van der Waals surface area contributed by atoms with E-state index < -0.39 is 0 Å². The van der Waals surface area contributed by atoms with E-state index in [0.717, 1.165) is 6.54 Å². The molecule has 1 aliphatic carbocycles. The third-order valence-corrected chi connectivity index (χ3v) is 5.15. The van der Waals surface area contributed by atoms with Gasteiger partial charge in [-0.05, 0) is 32.1 Å². The second-order valence-corrected chi connectivity index (χ2v) is 6.00. The van der Waals surface area contributed by atoms with Crippen LogP contribution in [0.2, 0.25) is 0 Å². The van der Waals surface area contributed by atoms with Gasteiger partial charge in [0.05, 0.1) is 5.69 Å². The molecule has 1 aliphatic rings. The molecule has 0 radical (unpaired) electrons. The number of hydrogen-bond donors (Lipinski definition) is 1. The number of aromatic nitrogens is 2. The zero-order chi connectivity index (χ0) is 11.6. The van der Waals surface area contributed by atoms with Crippen molar-refractivity contribution in [3.63, 3.8) is 0 Å². The van der Waals surface area contributed by atoms with Gasteiger partial charge in [0.25, 0.3) is 0 Å². The molecule has 0 spiro atoms. The van der Waals surface area contributed by atoms with E-state index in [1.807, 2.05) is 29.7 Å². The van der Waals surface area contributed by atoms with Crippen molar-refractivity contribution < 1.29 is 0 Å². The molecule has 1 fully saturated rings. The van der Waals surface area contributed by atoms with Crippen LogP contribution in [0.15, 0.2) is 12.3 Å². The molecule has 1 aromatic heterocycles. The SMILES string of the molecule is CSC1(CNC(C)c2ccnn2C)CCC1. The summed E-state index contributed by atoms with van der Waals surface area (Å²) < 4.78 is 2.46. The topological polar surface area (TPSA) is 29.9 Å². The minimum Gasteiger partial charge on any atom is -0.307 e. The van der Waals surface area contributed by atoms with Crippen LogP contribution in [-0.4, -0.2) is 27.3 Å². The first-order valence-electron chi connectivity index (χ1n) is 5.93. The monoisotopic (exact) mass is 239 g/mol. The maximum Gasteiger partial charge on any atom is 0.0547 e. The van der Waals surface area contributed by atoms with Crippen LogP contribution < -0.4 is 5.32 Å². The van der Waals surface area contributed by atoms with Gasteiger partial charge in [0, 0.05) is 30.6 Å². The Kier molecular flexibility index (Phi) is 3.60. The molecule has 1 aromatic rings. The van der Waals surface area contributed by atoms with Gasteiger partial charge in [0.15, 0.2) is 0 Å². The minimum atomic E-state index is 0.386. The molecule has 1 unspecified atom stereocenters. The molecule has 2 rings (SSSR count). The van der Waals surface area contributed by atoms with Crippen LogP contribution in [0.3, 0.4) is 0 Å². The molecular weight excluding hydrogens is 218 g/mol. The first-order valence-corrected chi connectivity index (χ1v) is 7.16. The maximum absolute atomic E-state index is 4.21. The van der Waals surface area contributed by atoms with Crippen LogP contribution in [0, 0.1) is 0 Å². The lowest BCUT2D eigenvalue weighted by atomic mass is 9.84. The van der Waals surface area contributed by atoms with Gasteiger partial charge in [-0.15, -0.1) is 0 Å². The van der Waals surface area contributed by atoms with Crippen molar-refractivity contribution in [2.45, 2.75) is 37.0 Å². The van der Waals surface area contributed by atoms with E-state index in [2.05, 4.69) is 29.7 Å². The predicted octanol–water partition coefficient (Wildman–Crippen LogP) is 2.36. The molecule has 0 saturated heterocycles. The Morgan fingerprint density at radius 2 is 2.38 bits per heavy atom. The van der Waals surface area contributed by atoms with Gasteiger partial charge in [-0.2, -0.15) is 16.9 Å². The van der Waals surface area contributed by atoms with E-state index in [-0.39, 0.29) is 0 Å². The van der Waals surface area contributed by atoms with Crippen LogP contribution in [-0.2, 0) is 7.05 Å². The summed E-state index contributed by atoms with van der Waals surface area (Å²) in [5.41, 5.74) is 1.26. The molecule has 0 aromatic carbocycles. The highest BCUT2D eigenvalue weighted by molar-refractivity contribution is 8.00. The van der Waals surface area contributed by atoms with Gasteiger partial charge >= 0.3 is 0 Å². The zero-order valence-corrected chi connectivity index (χ0v) is 11.2. The van der Waals surface area contributed by atoms with Gasteiger partial charge in [0.2, 0.25) is 0 Å². The van der Waals surface area contributed by atoms with E-state index in [1.165, 1.54) is 25.0 Å². The molecule has 0 bridgehead atoms. The summed E-state index contributed by atoms with van der Waals surface area (Å²) in [5.74, 6) is 0. The Balaban J connectivity index is 1.88. The van der Waals surface area contributed by atoms with Crippen LogP contribution >= 0.6 is 11.8 Å². The molecule has 1 N–H and O–H groups in total. The first-order chi connectivity index (χ1) is 7.67. The molecule has 4 heteroatoms. The van der Waals surface area contributed by atoms with Crippen molar-refractivity contribution in [1.82, 2.24) is 15.1 Å². The van der Waals surface area contributed by atoms with Gasteiger partial charge in [-0.25, -0.2) is 0 Å². The summed E-state index contributed by atoms with van der Waals surface area (Å²) in [6.07, 6.45) is 8.21. The fraction of sp³-hybridized carbons (Fsp3) is 0.750. The van der Waals surface area contributed by atoms with Gasteiger partial charge in [-0.1, -0.05) is 6.42 Å². The summed E-state index contributed by atoms with van der Waals surface area (Å²) in [7, 11) is 2.00. The summed E-state index contributed by atoms with van der Waals surface area (Å²) in [6, 6.07) is 2.47. The van der Waals surface area contributed by atoms with Crippen LogP contribution in [0.5, 0.6) is 0 Å². The smallest absolute Gasteiger partial charge is 0.0547 e. The van der Waals surface area contributed by atoms with Crippen molar-refractivity contribution >= 4 is 11.8 Å². The summed E-state index contributed by atoms with van der Waals surface area (Å²) in [4.78, 5) is 0. The highest BCUT2D eigenvalue weighted by atomic mass is 32.2. The summed E-state index contributed by atoms with van der Waals surface area (Å²) >= 11 is 2.02. The second-order valence-electron chi connectivity index (χ2n) is 4.72. The number of nitrogens with one attached hydrogen (secondary N) is 1. The largest absolute Gasteiger partial charge is 0.307 e. The minimum absolute atomic E-state index is 0.386. The lowest BCUT2D eigenvalue weighted by Gasteiger charge is -2.41. The third kappa shape index (κ3) is 2.28. The molecule has 1 atom stereocenters. The molecule has 90 valence electrons. The van der Waals surface area contributed by atoms with E-state index in [9.17, 15) is 0 Å². The van der Waals surface area contributed by atoms with E-state index in [1.54, 1.807) is 0 Å². The van der Waals surface area contributed by atoms with E-state index in [0.29, 0.717) is 10.8 Å². The average molecular weight is 239 g/mol. The fourth-order valence-electron chi connectivity index (χ4n) is 2.28. The highest BCUT2D eigenvalue weighted by Gasteiger charge is 2.36. The standard InChI is InChI=1S/C12H21N3S/c1-10(11-5-8-14-15(11)2)13-9-12(16-3)6-4-7-12/h5,8,10,13H,4,6-7,9H2,1-3H3. The van der Waals surface area contributed by atoms with Crippen molar-refractivity contribution in [1.29, 1.82) is 0 Å². The predicted molar refractivity (Wildman–Crippen MR) is 69.7 cm³/mol. The number of nitrogens with zero attached hydrogens (tertiary/aromatic N) is 2. The number of aryl methyl sites for hydroxylation is 1. The van der Waals surface area contributed by atoms with Crippen LogP contribution in [0.4, 0.5) is 0 Å². The normalized spacial score (nSPS) is 20.4. The lowest BCUT2D eigenvalue weighted by molar-refractivity contribution is 0.331. The summed E-state index contributed by atoms with van der Waals surface area (Å²) in [5, 5.41) is 7.85. The molecule has 16 heavy (non-hydrogen) atoms. The van der Waals surface area contributed by atoms with Crippen molar-refractivity contribution in [2.75, 3.05) is 12.8 Å². The van der Waals surface area contributed by atoms with Gasteiger partial charge in [0.1, 0.15) is 0 Å². The van der Waals surface area contributed by atoms with Crippen molar-refractivity contribution in [3.8, 4) is 0 Å². The highest BCUT2D eigenvalue weighted by Crippen LogP contribution is 2.42. The summed E-state index contributed by atoms with van der Waals surface area (Å²) in [6.45, 7) is 3.32. The third-order valence-electron chi connectivity index (χ3n) is 3.73. The lowest BCUT2D eigenvalue weighted by Crippen LogP contribution is -2.44. The molecule has 0 amide bonds. The molecular formula is C12H21N3S. The Labute approximate surface area is 102 Å². The number of hydrogen-bond acceptors (Lipinski definition) is 3. The number of thioether (sulfide) groups is 1. The quantitative estimate of drug-likeness (QED) is 0.855. The first kappa shape index (κ1) is 12.0. The Morgan fingerprint density at radius 1 is 1.62 bits per heavy atom. The van der Waals surface area contributed by atoms with E-state index >= 15 is 0 Å². The van der Waals surface area contributed by atoms with E-state index in [4.69, 9.17) is 0 Å². The van der Waals surface area contributed by atoms with Gasteiger partial charge < -0.3 is 5.32 Å². The van der Waals surface area contributed by atoms with Crippen LogP contribution in [0.25, 0.3) is 0 Å². The van der Waals surface area contributed by atoms with Crippen molar-refractivity contribution in [3.05, 3.63) is 18.0 Å². The Bertz CT molecular complexity index is 338. The molecule has 1 saturated carbocycles. The second kappa shape index (κ2) is 4.80. The maximum atomic E-state index is 4.21. The van der Waals surface area contributed by atoms with Crippen molar-refractivity contribution in [2.24, 2.45) is 7.05 Å². The average Bonchev–Trinajstić information content (AvgIpc) is 2.63. The van der Waals surface area contributed by atoms with Gasteiger partial charge in [-0.3, -0.25) is 4.68 Å². The Morgan fingerprint density at radius 3 is 2.81 bits per heavy atom. The van der Waals surface area contributed by atoms with Crippen LogP contribution in [0.1, 0.15) is 37.9 Å². The Hall–Kier alpha value is -0.480. The molecule has 1 heterocycles.